The van der Waals surface area contributed by atoms with E-state index in [9.17, 15) is 27.2 Å². The average molecular weight is 464 g/mol. The summed E-state index contributed by atoms with van der Waals surface area (Å²) in [5, 5.41) is 0. The molecule has 1 saturated heterocycles. The van der Waals surface area contributed by atoms with Crippen LogP contribution in [0.25, 0.3) is 0 Å². The summed E-state index contributed by atoms with van der Waals surface area (Å²) >= 11 is 0. The van der Waals surface area contributed by atoms with Crippen LogP contribution in [0, 0.1) is 23.2 Å². The van der Waals surface area contributed by atoms with E-state index in [2.05, 4.69) is 11.3 Å². The van der Waals surface area contributed by atoms with Crippen LogP contribution in [0.4, 0.5) is 17.6 Å². The Morgan fingerprint density at radius 1 is 0.969 bits per heavy atom. The molecular weight excluding hydrogens is 436 g/mol. The minimum Gasteiger partial charge on any atom is -0.459 e. The fraction of sp³-hybridized carbons (Fsp3) is 0.818. The van der Waals surface area contributed by atoms with Crippen molar-refractivity contribution in [3.8, 4) is 0 Å². The number of carbonyl (C=O) groups is 2. The Morgan fingerprint density at radius 3 is 2.03 bits per heavy atom. The molecule has 32 heavy (non-hydrogen) atoms. The number of alkyl halides is 4. The molecule has 0 N–H and O–H groups in total. The van der Waals surface area contributed by atoms with E-state index in [4.69, 9.17) is 14.2 Å². The topological polar surface area (TPSA) is 71.1 Å². The molecule has 2 unspecified atom stereocenters. The molecule has 4 bridgehead atoms. The van der Waals surface area contributed by atoms with Gasteiger partial charge in [-0.05, 0) is 51.4 Å². The maximum Gasteiger partial charge on any atom is 0.346 e. The van der Waals surface area contributed by atoms with Gasteiger partial charge in [-0.15, -0.1) is 0 Å². The Bertz CT molecular complexity index is 773. The first-order valence-corrected chi connectivity index (χ1v) is 10.9. The molecule has 5 rings (SSSR count). The molecule has 0 aromatic rings. The van der Waals surface area contributed by atoms with Crippen LogP contribution in [0.15, 0.2) is 12.2 Å². The van der Waals surface area contributed by atoms with Gasteiger partial charge in [-0.3, -0.25) is 4.79 Å². The van der Waals surface area contributed by atoms with E-state index in [0.29, 0.717) is 32.5 Å². The first kappa shape index (κ1) is 23.5. The Kier molecular flexibility index (Phi) is 5.85. The lowest BCUT2D eigenvalue weighted by molar-refractivity contribution is -0.365. The lowest BCUT2D eigenvalue weighted by Gasteiger charge is -2.63. The molecule has 1 spiro atoms. The van der Waals surface area contributed by atoms with E-state index in [-0.39, 0.29) is 23.3 Å². The van der Waals surface area contributed by atoms with Crippen LogP contribution < -0.4 is 0 Å². The predicted octanol–water partition coefficient (Wildman–Crippen LogP) is 3.88. The van der Waals surface area contributed by atoms with Crippen molar-refractivity contribution in [2.45, 2.75) is 63.1 Å². The van der Waals surface area contributed by atoms with Crippen LogP contribution in [-0.4, -0.2) is 56.0 Å². The number of halogens is 4. The Morgan fingerprint density at radius 2 is 1.50 bits per heavy atom. The summed E-state index contributed by atoms with van der Waals surface area (Å²) in [4.78, 5) is 24.2. The van der Waals surface area contributed by atoms with Gasteiger partial charge in [0.1, 0.15) is 0 Å². The lowest BCUT2D eigenvalue weighted by Crippen LogP contribution is -2.66. The second kappa shape index (κ2) is 7.97. The number of hydrogen-bond donors (Lipinski definition) is 0. The van der Waals surface area contributed by atoms with Crippen LogP contribution in [0.5, 0.6) is 0 Å². The number of carbonyl (C=O) groups excluding carboxylic acids is 2. The molecule has 10 heteroatoms. The Labute approximate surface area is 183 Å². The van der Waals surface area contributed by atoms with Crippen molar-refractivity contribution in [3.05, 3.63) is 12.2 Å². The third kappa shape index (κ3) is 3.83. The second-order valence-electron chi connectivity index (χ2n) is 9.74. The minimum atomic E-state index is -4.70. The highest BCUT2D eigenvalue weighted by Gasteiger charge is 2.67. The van der Waals surface area contributed by atoms with Crippen molar-refractivity contribution in [2.24, 2.45) is 23.2 Å². The van der Waals surface area contributed by atoms with E-state index in [1.165, 1.54) is 6.92 Å². The van der Waals surface area contributed by atoms with Crippen molar-refractivity contribution < 1.29 is 46.1 Å². The predicted molar refractivity (Wildman–Crippen MR) is 102 cm³/mol. The Balaban J connectivity index is 1.40. The van der Waals surface area contributed by atoms with Crippen molar-refractivity contribution in [1.29, 1.82) is 0 Å². The number of ether oxygens (including phenoxy) is 4. The summed E-state index contributed by atoms with van der Waals surface area (Å²) in [6.07, 6.45) is 3.69. The van der Waals surface area contributed by atoms with Gasteiger partial charge >= 0.3 is 23.8 Å². The zero-order valence-electron chi connectivity index (χ0n) is 18.0. The van der Waals surface area contributed by atoms with Gasteiger partial charge in [-0.2, -0.15) is 17.6 Å². The molecule has 1 heterocycles. The van der Waals surface area contributed by atoms with E-state index >= 15 is 0 Å². The minimum absolute atomic E-state index is 0.0508. The van der Waals surface area contributed by atoms with Crippen molar-refractivity contribution >= 4 is 11.9 Å². The molecule has 2 atom stereocenters. The maximum absolute atomic E-state index is 14.2. The van der Waals surface area contributed by atoms with Crippen LogP contribution in [0.2, 0.25) is 0 Å². The first-order valence-electron chi connectivity index (χ1n) is 10.9. The van der Waals surface area contributed by atoms with E-state index in [0.717, 1.165) is 19.3 Å². The quantitative estimate of drug-likeness (QED) is 0.324. The van der Waals surface area contributed by atoms with Gasteiger partial charge in [0.2, 0.25) is 0 Å². The summed E-state index contributed by atoms with van der Waals surface area (Å²) in [6, 6.07) is 0. The SMILES string of the molecule is C=C(C)C(=O)OCC(F)(F)C(F)(F)COC(=O)C12CC3CC(C1)C1(OCCCO1)C(C3)C2. The number of rotatable bonds is 7. The van der Waals surface area contributed by atoms with Gasteiger partial charge in [0, 0.05) is 17.4 Å². The number of hydrogen-bond acceptors (Lipinski definition) is 6. The van der Waals surface area contributed by atoms with Gasteiger partial charge in [0.05, 0.1) is 18.6 Å². The third-order valence-corrected chi connectivity index (χ3v) is 7.36. The van der Waals surface area contributed by atoms with Gasteiger partial charge in [-0.1, -0.05) is 6.58 Å². The normalized spacial score (nSPS) is 33.2. The average Bonchev–Trinajstić information content (AvgIpc) is 2.74. The van der Waals surface area contributed by atoms with Gasteiger partial charge in [0.15, 0.2) is 19.0 Å². The molecule has 4 aliphatic carbocycles. The second-order valence-corrected chi connectivity index (χ2v) is 9.74. The van der Waals surface area contributed by atoms with Gasteiger partial charge in [-0.25, -0.2) is 4.79 Å². The fourth-order valence-electron chi connectivity index (χ4n) is 6.01. The molecule has 4 saturated carbocycles. The molecule has 5 fully saturated rings. The maximum atomic E-state index is 14.2. The van der Waals surface area contributed by atoms with Gasteiger partial charge < -0.3 is 18.9 Å². The Hall–Kier alpha value is -1.68. The van der Waals surface area contributed by atoms with E-state index in [1.807, 2.05) is 0 Å². The van der Waals surface area contributed by atoms with Gasteiger partial charge in [0.25, 0.3) is 0 Å². The van der Waals surface area contributed by atoms with Crippen LogP contribution >= 0.6 is 0 Å². The third-order valence-electron chi connectivity index (χ3n) is 7.36. The summed E-state index contributed by atoms with van der Waals surface area (Å²) in [6.45, 7) is 1.94. The first-order chi connectivity index (χ1) is 14.9. The molecule has 0 aromatic carbocycles. The molecular formula is C22H28F4O6. The number of esters is 2. The summed E-state index contributed by atoms with van der Waals surface area (Å²) < 4.78 is 77.5. The molecule has 0 amide bonds. The van der Waals surface area contributed by atoms with Crippen LogP contribution in [-0.2, 0) is 28.5 Å². The molecule has 6 nitrogen and oxygen atoms in total. The van der Waals surface area contributed by atoms with E-state index < -0.39 is 48.2 Å². The standard InChI is InChI=1S/C22H28F4O6/c1-13(2)17(27)29-11-20(23,24)21(25,26)12-30-18(28)19-8-14-6-15(9-19)22(16(7-14)10-19)31-4-3-5-32-22/h14-16H,1,3-12H2,2H3. The molecule has 0 radical (unpaired) electrons. The zero-order valence-corrected chi connectivity index (χ0v) is 18.0. The van der Waals surface area contributed by atoms with Crippen molar-refractivity contribution in [3.63, 3.8) is 0 Å². The van der Waals surface area contributed by atoms with Crippen LogP contribution in [0.1, 0.15) is 45.4 Å². The fourth-order valence-corrected chi connectivity index (χ4v) is 6.01. The van der Waals surface area contributed by atoms with Crippen molar-refractivity contribution in [1.82, 2.24) is 0 Å². The highest BCUT2D eigenvalue weighted by Crippen LogP contribution is 2.65. The lowest BCUT2D eigenvalue weighted by atomic mass is 9.47. The van der Waals surface area contributed by atoms with E-state index in [1.54, 1.807) is 0 Å². The summed E-state index contributed by atoms with van der Waals surface area (Å²) in [7, 11) is 0. The zero-order chi connectivity index (χ0) is 23.4. The smallest absolute Gasteiger partial charge is 0.346 e. The highest BCUT2D eigenvalue weighted by molar-refractivity contribution is 5.86. The van der Waals surface area contributed by atoms with Crippen LogP contribution in [0.3, 0.4) is 0 Å². The molecule has 0 aromatic heterocycles. The molecule has 1 aliphatic heterocycles. The molecule has 5 aliphatic rings. The highest BCUT2D eigenvalue weighted by atomic mass is 19.3. The summed E-state index contributed by atoms with van der Waals surface area (Å²) in [5.74, 6) is -12.1. The monoisotopic (exact) mass is 464 g/mol. The van der Waals surface area contributed by atoms with Crippen molar-refractivity contribution in [2.75, 3.05) is 26.4 Å². The molecule has 180 valence electrons. The largest absolute Gasteiger partial charge is 0.459 e. The summed E-state index contributed by atoms with van der Waals surface area (Å²) in [5.41, 5.74) is -1.18.